The Morgan fingerprint density at radius 1 is 0.905 bits per heavy atom. The second-order valence-electron chi connectivity index (χ2n) is 4.56. The average Bonchev–Trinajstić information content (AvgIpc) is 2.54. The first-order chi connectivity index (χ1) is 10.2. The maximum atomic E-state index is 11.8. The van der Waals surface area contributed by atoms with Crippen molar-refractivity contribution in [1.82, 2.24) is 0 Å². The molecule has 0 atom stereocenters. The lowest BCUT2D eigenvalue weighted by Crippen LogP contribution is -2.17. The van der Waals surface area contributed by atoms with Crippen LogP contribution in [0.5, 0.6) is 0 Å². The molecule has 0 saturated heterocycles. The van der Waals surface area contributed by atoms with Gasteiger partial charge in [0.25, 0.3) is 0 Å². The molecule has 0 bridgehead atoms. The molecule has 21 heavy (non-hydrogen) atoms. The van der Waals surface area contributed by atoms with Crippen LogP contribution in [0.15, 0.2) is 60.7 Å². The van der Waals surface area contributed by atoms with Crippen LogP contribution < -0.4 is 0 Å². The second-order valence-corrected chi connectivity index (χ2v) is 4.56. The highest BCUT2D eigenvalue weighted by molar-refractivity contribution is 5.96. The summed E-state index contributed by atoms with van der Waals surface area (Å²) < 4.78 is 5.42. The normalized spacial score (nSPS) is 10.4. The van der Waals surface area contributed by atoms with Gasteiger partial charge in [-0.05, 0) is 11.1 Å². The van der Waals surface area contributed by atoms with Crippen LogP contribution in [0, 0.1) is 0 Å². The van der Waals surface area contributed by atoms with Crippen LogP contribution >= 0.6 is 0 Å². The zero-order valence-electron chi connectivity index (χ0n) is 11.4. The number of aliphatic hydroxyl groups is 1. The highest BCUT2D eigenvalue weighted by Crippen LogP contribution is 2.26. The number of esters is 1. The van der Waals surface area contributed by atoms with E-state index in [1.165, 1.54) is 0 Å². The molecular formula is C17H16O4. The molecule has 0 aromatic heterocycles. The molecule has 4 heteroatoms. The van der Waals surface area contributed by atoms with Gasteiger partial charge < -0.3 is 9.84 Å². The Labute approximate surface area is 123 Å². The van der Waals surface area contributed by atoms with E-state index in [1.54, 1.807) is 0 Å². The minimum absolute atomic E-state index is 0.424. The molecule has 0 heterocycles. The smallest absolute Gasteiger partial charge is 0.314 e. The summed E-state index contributed by atoms with van der Waals surface area (Å²) in [4.78, 5) is 22.9. The first-order valence-electron chi connectivity index (χ1n) is 6.62. The number of ketones is 1. The summed E-state index contributed by atoms with van der Waals surface area (Å²) in [7, 11) is 0. The summed E-state index contributed by atoms with van der Waals surface area (Å²) in [5.74, 6) is -1.20. The molecule has 2 aromatic rings. The topological polar surface area (TPSA) is 63.6 Å². The zero-order chi connectivity index (χ0) is 15.1. The molecule has 0 radical (unpaired) electrons. The molecule has 0 amide bonds. The fraction of sp³-hybridized carbons (Fsp3) is 0.176. The van der Waals surface area contributed by atoms with Gasteiger partial charge in [0.2, 0.25) is 0 Å². The minimum Gasteiger partial charge on any atom is -0.452 e. The van der Waals surface area contributed by atoms with E-state index in [9.17, 15) is 9.59 Å². The average molecular weight is 284 g/mol. The van der Waals surface area contributed by atoms with E-state index in [4.69, 9.17) is 9.84 Å². The van der Waals surface area contributed by atoms with Crippen molar-refractivity contribution < 1.29 is 19.4 Å². The quantitative estimate of drug-likeness (QED) is 0.653. The molecule has 4 nitrogen and oxygen atoms in total. The van der Waals surface area contributed by atoms with Gasteiger partial charge in [-0.3, -0.25) is 9.59 Å². The van der Waals surface area contributed by atoms with Crippen LogP contribution in [0.1, 0.15) is 23.7 Å². The van der Waals surface area contributed by atoms with E-state index in [0.717, 1.165) is 11.1 Å². The fourth-order valence-electron chi connectivity index (χ4n) is 1.97. The van der Waals surface area contributed by atoms with E-state index in [1.807, 2.05) is 60.7 Å². The third kappa shape index (κ3) is 4.26. The number of Topliss-reactive ketones (excluding diaryl/α,β-unsaturated/α-hetero) is 1. The Morgan fingerprint density at radius 2 is 1.38 bits per heavy atom. The SMILES string of the molecule is O=C(CO)CC(=O)OC(c1ccccc1)c1ccccc1. The highest BCUT2D eigenvalue weighted by atomic mass is 16.5. The minimum atomic E-state index is -0.656. The van der Waals surface area contributed by atoms with Crippen LogP contribution in [0.2, 0.25) is 0 Å². The van der Waals surface area contributed by atoms with Crippen molar-refractivity contribution in [2.75, 3.05) is 6.61 Å². The molecule has 1 N–H and O–H groups in total. The number of hydrogen-bond donors (Lipinski definition) is 1. The number of ether oxygens (including phenoxy) is 1. The highest BCUT2D eigenvalue weighted by Gasteiger charge is 2.20. The summed E-state index contributed by atoms with van der Waals surface area (Å²) in [5.41, 5.74) is 1.65. The van der Waals surface area contributed by atoms with Gasteiger partial charge in [0.05, 0.1) is 0 Å². The van der Waals surface area contributed by atoms with E-state index in [-0.39, 0.29) is 0 Å². The van der Waals surface area contributed by atoms with Gasteiger partial charge in [-0.25, -0.2) is 0 Å². The standard InChI is InChI=1S/C17H16O4/c18-12-15(19)11-16(20)21-17(13-7-3-1-4-8-13)14-9-5-2-6-10-14/h1-10,17-18H,11-12H2. The van der Waals surface area contributed by atoms with Crippen LogP contribution in [0.4, 0.5) is 0 Å². The molecule has 108 valence electrons. The van der Waals surface area contributed by atoms with Crippen molar-refractivity contribution >= 4 is 11.8 Å². The third-order valence-electron chi connectivity index (χ3n) is 2.97. The molecule has 0 unspecified atom stereocenters. The summed E-state index contributed by atoms with van der Waals surface area (Å²) in [5, 5.41) is 8.69. The van der Waals surface area contributed by atoms with Crippen molar-refractivity contribution in [1.29, 1.82) is 0 Å². The Morgan fingerprint density at radius 3 is 1.81 bits per heavy atom. The molecule has 2 aromatic carbocycles. The Bertz CT molecular complexity index is 553. The predicted molar refractivity (Wildman–Crippen MR) is 77.5 cm³/mol. The maximum Gasteiger partial charge on any atom is 0.314 e. The van der Waals surface area contributed by atoms with Gasteiger partial charge in [-0.15, -0.1) is 0 Å². The summed E-state index contributed by atoms with van der Waals surface area (Å²) in [6.45, 7) is -0.656. The van der Waals surface area contributed by atoms with Gasteiger partial charge in [0, 0.05) is 0 Å². The van der Waals surface area contributed by atoms with Gasteiger partial charge >= 0.3 is 5.97 Å². The van der Waals surface area contributed by atoms with Crippen LogP contribution in [0.25, 0.3) is 0 Å². The van der Waals surface area contributed by atoms with Crippen LogP contribution in [-0.2, 0) is 14.3 Å². The number of carbonyl (C=O) groups is 2. The van der Waals surface area contributed by atoms with E-state index in [0.29, 0.717) is 0 Å². The van der Waals surface area contributed by atoms with Gasteiger partial charge in [-0.2, -0.15) is 0 Å². The van der Waals surface area contributed by atoms with Gasteiger partial charge in [0.15, 0.2) is 11.9 Å². The second kappa shape index (κ2) is 7.36. The lowest BCUT2D eigenvalue weighted by molar-refractivity contribution is -0.150. The summed E-state index contributed by atoms with van der Waals surface area (Å²) in [6.07, 6.45) is -0.987. The fourth-order valence-corrected chi connectivity index (χ4v) is 1.97. The molecular weight excluding hydrogens is 268 g/mol. The van der Waals surface area contributed by atoms with E-state index >= 15 is 0 Å². The lowest BCUT2D eigenvalue weighted by atomic mass is 10.0. The number of benzene rings is 2. The summed E-state index contributed by atoms with van der Waals surface area (Å²) >= 11 is 0. The number of aliphatic hydroxyl groups excluding tert-OH is 1. The van der Waals surface area contributed by atoms with Crippen molar-refractivity contribution in [2.24, 2.45) is 0 Å². The van der Waals surface area contributed by atoms with Crippen molar-refractivity contribution in [2.45, 2.75) is 12.5 Å². The van der Waals surface area contributed by atoms with Crippen molar-refractivity contribution in [3.05, 3.63) is 71.8 Å². The van der Waals surface area contributed by atoms with Crippen molar-refractivity contribution in [3.8, 4) is 0 Å². The molecule has 0 fully saturated rings. The largest absolute Gasteiger partial charge is 0.452 e. The molecule has 2 rings (SSSR count). The molecule has 0 aliphatic carbocycles. The van der Waals surface area contributed by atoms with Crippen LogP contribution in [0.3, 0.4) is 0 Å². The van der Waals surface area contributed by atoms with E-state index in [2.05, 4.69) is 0 Å². The first-order valence-corrected chi connectivity index (χ1v) is 6.62. The van der Waals surface area contributed by atoms with Crippen LogP contribution in [-0.4, -0.2) is 23.5 Å². The Balaban J connectivity index is 2.21. The number of hydrogen-bond acceptors (Lipinski definition) is 4. The van der Waals surface area contributed by atoms with E-state index < -0.39 is 30.9 Å². The monoisotopic (exact) mass is 284 g/mol. The Hall–Kier alpha value is -2.46. The predicted octanol–water partition coefficient (Wildman–Crippen LogP) is 2.27. The number of rotatable bonds is 6. The van der Waals surface area contributed by atoms with Crippen molar-refractivity contribution in [3.63, 3.8) is 0 Å². The zero-order valence-corrected chi connectivity index (χ0v) is 11.4. The van der Waals surface area contributed by atoms with Gasteiger partial charge in [0.1, 0.15) is 13.0 Å². The third-order valence-corrected chi connectivity index (χ3v) is 2.97. The maximum absolute atomic E-state index is 11.8. The summed E-state index contributed by atoms with van der Waals surface area (Å²) in [6, 6.07) is 18.6. The first kappa shape index (κ1) is 14.9. The molecule has 0 saturated carbocycles. The lowest BCUT2D eigenvalue weighted by Gasteiger charge is -2.18. The molecule has 0 aliphatic heterocycles. The molecule has 0 spiro atoms. The van der Waals surface area contributed by atoms with Gasteiger partial charge in [-0.1, -0.05) is 60.7 Å². The molecule has 0 aliphatic rings. The number of carbonyl (C=O) groups excluding carboxylic acids is 2. The Kier molecular flexibility index (Phi) is 5.23.